The topological polar surface area (TPSA) is 34.0 Å². The molecule has 0 radical (unpaired) electrons. The van der Waals surface area contributed by atoms with E-state index in [9.17, 15) is 0 Å². The van der Waals surface area contributed by atoms with Crippen LogP contribution in [0.25, 0.3) is 0 Å². The maximum absolute atomic E-state index is 5.83. The number of rotatable bonds is 2. The summed E-state index contributed by atoms with van der Waals surface area (Å²) >= 11 is 5.83. The fraction of sp³-hybridized carbons (Fsp3) is 1.00. The third-order valence-electron chi connectivity index (χ3n) is 3.29. The molecule has 0 N–H and O–H groups in total. The van der Waals surface area contributed by atoms with Crippen LogP contribution in [0.15, 0.2) is 10.2 Å². The van der Waals surface area contributed by atoms with Crippen LogP contribution in [-0.2, 0) is 4.74 Å². The molecule has 12 heavy (non-hydrogen) atoms. The van der Waals surface area contributed by atoms with Crippen molar-refractivity contribution in [3.8, 4) is 0 Å². The van der Waals surface area contributed by atoms with E-state index in [0.29, 0.717) is 6.10 Å². The number of hydrogen-bond acceptors (Lipinski definition) is 3. The minimum atomic E-state index is -0.962. The maximum Gasteiger partial charge on any atom is 0.375 e. The van der Waals surface area contributed by atoms with Crippen LogP contribution in [0.2, 0.25) is 0 Å². The second-order valence-corrected chi connectivity index (χ2v) is 4.48. The molecule has 2 bridgehead atoms. The van der Waals surface area contributed by atoms with Gasteiger partial charge in [0.1, 0.15) is 0 Å². The molecule has 0 atom stereocenters. The summed E-state index contributed by atoms with van der Waals surface area (Å²) < 4.78 is 5.63. The van der Waals surface area contributed by atoms with Crippen molar-refractivity contribution in [2.75, 3.05) is 0 Å². The van der Waals surface area contributed by atoms with E-state index in [-0.39, 0.29) is 0 Å². The molecule has 0 amide bonds. The molecular weight excluding hydrogens is 176 g/mol. The summed E-state index contributed by atoms with van der Waals surface area (Å²) in [6.07, 6.45) is 5.58. The third kappa shape index (κ3) is 0.995. The minimum absolute atomic E-state index is 0.345. The lowest BCUT2D eigenvalue weighted by atomic mass is 10.0. The Labute approximate surface area is 76.1 Å². The molecule has 0 aromatic carbocycles. The molecule has 3 rings (SSSR count). The first-order valence-corrected chi connectivity index (χ1v) is 4.95. The molecule has 4 heteroatoms. The van der Waals surface area contributed by atoms with Crippen LogP contribution in [0.4, 0.5) is 0 Å². The van der Waals surface area contributed by atoms with Crippen molar-refractivity contribution in [1.82, 2.24) is 0 Å². The molecule has 2 saturated carbocycles. The van der Waals surface area contributed by atoms with E-state index in [1.807, 2.05) is 0 Å². The second-order valence-electron chi connectivity index (χ2n) is 3.99. The fourth-order valence-corrected chi connectivity index (χ4v) is 2.78. The van der Waals surface area contributed by atoms with Gasteiger partial charge in [-0.3, -0.25) is 0 Å². The number of fused-ring (bicyclic) bond motifs is 2. The molecule has 2 fully saturated rings. The van der Waals surface area contributed by atoms with Gasteiger partial charge in [0.25, 0.3) is 0 Å². The number of halogens is 1. The van der Waals surface area contributed by atoms with Crippen LogP contribution >= 0.6 is 11.6 Å². The molecule has 3 aliphatic rings. The molecule has 0 unspecified atom stereocenters. The van der Waals surface area contributed by atoms with Crippen molar-refractivity contribution in [2.24, 2.45) is 22.1 Å². The summed E-state index contributed by atoms with van der Waals surface area (Å²) in [6.45, 7) is 0. The molecule has 1 heterocycles. The van der Waals surface area contributed by atoms with Crippen molar-refractivity contribution in [3.63, 3.8) is 0 Å². The van der Waals surface area contributed by atoms with Crippen LogP contribution in [0, 0.1) is 11.8 Å². The second kappa shape index (κ2) is 2.20. The van der Waals surface area contributed by atoms with Crippen LogP contribution in [0.3, 0.4) is 0 Å². The zero-order chi connectivity index (χ0) is 8.18. The zero-order valence-corrected chi connectivity index (χ0v) is 7.50. The molecule has 0 aromatic heterocycles. The lowest BCUT2D eigenvalue weighted by Crippen LogP contribution is -2.24. The molecular formula is C8H11ClN2O. The van der Waals surface area contributed by atoms with Crippen LogP contribution < -0.4 is 0 Å². The first kappa shape index (κ1) is 7.27. The zero-order valence-electron chi connectivity index (χ0n) is 6.74. The molecule has 1 aliphatic heterocycles. The van der Waals surface area contributed by atoms with E-state index in [1.165, 1.54) is 25.7 Å². The lowest BCUT2D eigenvalue weighted by Gasteiger charge is -2.16. The molecule has 66 valence electrons. The van der Waals surface area contributed by atoms with Gasteiger partial charge in [-0.1, -0.05) is 0 Å². The molecule has 0 aromatic rings. The standard InChI is InChI=1S/C8H11ClN2O/c9-8(10-11-8)12-7-5-1-2-6(7)4-3-5/h5-7H,1-4H2. The SMILES string of the molecule is ClC1(OC2C3CCC2CC3)N=N1. The fourth-order valence-electron chi connectivity index (χ4n) is 2.64. The van der Waals surface area contributed by atoms with Gasteiger partial charge >= 0.3 is 5.31 Å². The van der Waals surface area contributed by atoms with E-state index < -0.39 is 5.31 Å². The van der Waals surface area contributed by atoms with Gasteiger partial charge in [0.05, 0.1) is 6.10 Å². The first-order valence-electron chi connectivity index (χ1n) is 4.58. The van der Waals surface area contributed by atoms with Crippen molar-refractivity contribution in [3.05, 3.63) is 0 Å². The Morgan fingerprint density at radius 2 is 1.58 bits per heavy atom. The van der Waals surface area contributed by atoms with Crippen molar-refractivity contribution >= 4 is 11.6 Å². The number of nitrogens with zero attached hydrogens (tertiary/aromatic N) is 2. The summed E-state index contributed by atoms with van der Waals surface area (Å²) in [5, 5.41) is 6.36. The van der Waals surface area contributed by atoms with Crippen molar-refractivity contribution in [2.45, 2.75) is 37.1 Å². The highest BCUT2D eigenvalue weighted by Crippen LogP contribution is 2.50. The average molecular weight is 187 g/mol. The summed E-state index contributed by atoms with van der Waals surface area (Å²) in [5.41, 5.74) is 0. The van der Waals surface area contributed by atoms with E-state index in [0.717, 1.165) is 11.8 Å². The molecule has 3 nitrogen and oxygen atoms in total. The first-order chi connectivity index (χ1) is 5.77. The van der Waals surface area contributed by atoms with Gasteiger partial charge in [0, 0.05) is 0 Å². The molecule has 0 saturated heterocycles. The van der Waals surface area contributed by atoms with E-state index in [1.54, 1.807) is 0 Å². The summed E-state index contributed by atoms with van der Waals surface area (Å²) in [6, 6.07) is 0. The quantitative estimate of drug-likeness (QED) is 0.482. The van der Waals surface area contributed by atoms with Gasteiger partial charge in [0.2, 0.25) is 0 Å². The summed E-state index contributed by atoms with van der Waals surface area (Å²) in [4.78, 5) is 0. The predicted octanol–water partition coefficient (Wildman–Crippen LogP) is 2.51. The molecule has 0 spiro atoms. The monoisotopic (exact) mass is 186 g/mol. The van der Waals surface area contributed by atoms with E-state index >= 15 is 0 Å². The van der Waals surface area contributed by atoms with Crippen molar-refractivity contribution < 1.29 is 4.74 Å². The van der Waals surface area contributed by atoms with Gasteiger partial charge in [-0.15, -0.1) is 10.2 Å². The number of alkyl halides is 1. The molecule has 2 aliphatic carbocycles. The Bertz CT molecular complexity index is 217. The van der Waals surface area contributed by atoms with Gasteiger partial charge in [-0.05, 0) is 49.1 Å². The largest absolute Gasteiger partial charge is 0.375 e. The highest BCUT2D eigenvalue weighted by atomic mass is 35.5. The predicted molar refractivity (Wildman–Crippen MR) is 43.8 cm³/mol. The minimum Gasteiger partial charge on any atom is -0.316 e. The van der Waals surface area contributed by atoms with Crippen LogP contribution in [0.5, 0.6) is 0 Å². The highest BCUT2D eigenvalue weighted by Gasteiger charge is 2.50. The maximum atomic E-state index is 5.83. The normalized spacial score (nSPS) is 46.9. The number of hydrogen-bond donors (Lipinski definition) is 0. The van der Waals surface area contributed by atoms with Gasteiger partial charge < -0.3 is 4.74 Å². The number of ether oxygens (including phenoxy) is 1. The van der Waals surface area contributed by atoms with Gasteiger partial charge in [-0.25, -0.2) is 0 Å². The van der Waals surface area contributed by atoms with E-state index in [4.69, 9.17) is 16.3 Å². The Morgan fingerprint density at radius 3 is 2.00 bits per heavy atom. The smallest absolute Gasteiger partial charge is 0.316 e. The lowest BCUT2D eigenvalue weighted by molar-refractivity contribution is -0.0191. The average Bonchev–Trinajstić information content (AvgIpc) is 2.54. The Morgan fingerprint density at radius 1 is 1.08 bits per heavy atom. The van der Waals surface area contributed by atoms with Crippen LogP contribution in [-0.4, -0.2) is 11.4 Å². The summed E-state index contributed by atoms with van der Waals surface area (Å²) in [7, 11) is 0. The van der Waals surface area contributed by atoms with Gasteiger partial charge in [0.15, 0.2) is 0 Å². The van der Waals surface area contributed by atoms with Gasteiger partial charge in [-0.2, -0.15) is 0 Å². The Balaban J connectivity index is 1.69. The third-order valence-corrected chi connectivity index (χ3v) is 3.53. The Hall–Kier alpha value is -0.150. The van der Waals surface area contributed by atoms with Crippen LogP contribution in [0.1, 0.15) is 25.7 Å². The van der Waals surface area contributed by atoms with E-state index in [2.05, 4.69) is 10.2 Å². The summed E-state index contributed by atoms with van der Waals surface area (Å²) in [5.74, 6) is 1.47. The highest BCUT2D eigenvalue weighted by molar-refractivity contribution is 6.23. The Kier molecular flexibility index (Phi) is 1.34. The van der Waals surface area contributed by atoms with Crippen molar-refractivity contribution in [1.29, 1.82) is 0 Å².